The van der Waals surface area contributed by atoms with Gasteiger partial charge in [0.2, 0.25) is 0 Å². The summed E-state index contributed by atoms with van der Waals surface area (Å²) in [6.07, 6.45) is 16.1. The molecule has 0 radical (unpaired) electrons. The lowest BCUT2D eigenvalue weighted by molar-refractivity contribution is 0.0883. The van der Waals surface area contributed by atoms with Crippen LogP contribution in [0.1, 0.15) is 170 Å². The molecule has 2 aliphatic carbocycles. The highest BCUT2D eigenvalue weighted by molar-refractivity contribution is 6.03. The van der Waals surface area contributed by atoms with E-state index in [4.69, 9.17) is 51.4 Å². The molecule has 74 heavy (non-hydrogen) atoms. The quantitative estimate of drug-likeness (QED) is 0.0290. The smallest absolute Gasteiger partial charge is 0.255 e. The van der Waals surface area contributed by atoms with Crippen molar-refractivity contribution in [3.63, 3.8) is 0 Å². The number of benzene rings is 3. The molecule has 0 atom stereocenters. The second-order valence-electron chi connectivity index (χ2n) is 19.4. The molecule has 2 aliphatic rings. The van der Waals surface area contributed by atoms with Crippen LogP contribution < -0.4 is 72.6 Å². The number of nitrogens with two attached hydrogens (primary N) is 4. The van der Waals surface area contributed by atoms with Crippen LogP contribution in [0.5, 0.6) is 34.5 Å². The van der Waals surface area contributed by atoms with Gasteiger partial charge in [0.25, 0.3) is 23.6 Å². The number of amides is 4. The van der Waals surface area contributed by atoms with Gasteiger partial charge in [-0.3, -0.25) is 19.2 Å². The highest BCUT2D eigenvalue weighted by Gasteiger charge is 2.30. The van der Waals surface area contributed by atoms with Gasteiger partial charge >= 0.3 is 0 Å². The van der Waals surface area contributed by atoms with Gasteiger partial charge < -0.3 is 72.6 Å². The van der Waals surface area contributed by atoms with Crippen LogP contribution in [0, 0.1) is 0 Å². The Morgan fingerprint density at radius 1 is 0.378 bits per heavy atom. The van der Waals surface area contributed by atoms with E-state index in [1.54, 1.807) is 42.5 Å². The van der Waals surface area contributed by atoms with Crippen molar-refractivity contribution in [1.29, 1.82) is 0 Å². The fourth-order valence-electron chi connectivity index (χ4n) is 9.31. The third-order valence-corrected chi connectivity index (χ3v) is 13.6. The van der Waals surface area contributed by atoms with Crippen LogP contribution in [0.3, 0.4) is 0 Å². The summed E-state index contributed by atoms with van der Waals surface area (Å²) in [5.74, 6) is 1.59. The Labute approximate surface area is 438 Å². The minimum absolute atomic E-state index is 0.0995. The lowest BCUT2D eigenvalue weighted by atomic mass is 9.90. The molecule has 4 amide bonds. The number of carbonyl (C=O) groups is 4. The van der Waals surface area contributed by atoms with Crippen molar-refractivity contribution in [3.05, 3.63) is 70.8 Å². The molecule has 3 aromatic rings. The standard InChI is InChI=1S/C56H86N8O10/c1-69-49-38-50(70-2)48(56(68)64-42-21-17-40(18-22-42)62-54(66)46-26-24-44(72-32-12-4-8-28-58)36-52(46)74-34-14-6-10-30-60)37-47(49)55(67)63-41-19-15-39(16-20-41)61-53(65)45-25-23-43(71-31-11-3-7-27-57)35-51(45)73-33-13-5-9-29-59/h23-26,35-42H,3-22,27-34,57-60H2,1-2H3,(H,61,65)(H,62,66)(H,63,67)(H,64,68)/t39-,40-,41+,42+. The molecule has 0 aliphatic heterocycles. The Bertz CT molecular complexity index is 2030. The lowest BCUT2D eigenvalue weighted by Crippen LogP contribution is -2.44. The number of hydrogen-bond donors (Lipinski definition) is 8. The maximum Gasteiger partial charge on any atom is 0.255 e. The van der Waals surface area contributed by atoms with Crippen molar-refractivity contribution >= 4 is 23.6 Å². The molecule has 410 valence electrons. The number of rotatable bonds is 34. The van der Waals surface area contributed by atoms with Crippen LogP contribution >= 0.6 is 0 Å². The molecule has 0 unspecified atom stereocenters. The van der Waals surface area contributed by atoms with E-state index in [1.807, 2.05) is 0 Å². The summed E-state index contributed by atoms with van der Waals surface area (Å²) in [6.45, 7) is 4.57. The fraction of sp³-hybridized carbons (Fsp3) is 0.607. The molecule has 0 saturated heterocycles. The minimum Gasteiger partial charge on any atom is -0.496 e. The second kappa shape index (κ2) is 33.2. The summed E-state index contributed by atoms with van der Waals surface area (Å²) in [5, 5.41) is 12.7. The van der Waals surface area contributed by atoms with Crippen molar-refractivity contribution in [2.24, 2.45) is 22.9 Å². The van der Waals surface area contributed by atoms with Crippen molar-refractivity contribution in [1.82, 2.24) is 21.3 Å². The van der Waals surface area contributed by atoms with E-state index in [-0.39, 0.29) is 70.4 Å². The first-order valence-corrected chi connectivity index (χ1v) is 27.2. The second-order valence-corrected chi connectivity index (χ2v) is 19.4. The van der Waals surface area contributed by atoms with Crippen molar-refractivity contribution < 1.29 is 47.6 Å². The highest BCUT2D eigenvalue weighted by atomic mass is 16.5. The topological polar surface area (TPSA) is 276 Å². The van der Waals surface area contributed by atoms with Gasteiger partial charge in [0, 0.05) is 42.4 Å². The summed E-state index contributed by atoms with van der Waals surface area (Å²) in [4.78, 5) is 55.2. The molecule has 2 fully saturated rings. The molecular weight excluding hydrogens is 945 g/mol. The Morgan fingerprint density at radius 2 is 0.676 bits per heavy atom. The number of nitrogens with one attached hydrogen (secondary N) is 4. The van der Waals surface area contributed by atoms with Gasteiger partial charge in [-0.2, -0.15) is 0 Å². The molecule has 0 spiro atoms. The van der Waals surface area contributed by atoms with Gasteiger partial charge in [0.05, 0.1) is 62.9 Å². The van der Waals surface area contributed by atoms with Gasteiger partial charge in [-0.05, 0) is 185 Å². The van der Waals surface area contributed by atoms with E-state index in [0.29, 0.717) is 138 Å². The van der Waals surface area contributed by atoms with Crippen LogP contribution in [0.2, 0.25) is 0 Å². The predicted molar refractivity (Wildman–Crippen MR) is 288 cm³/mol. The zero-order chi connectivity index (χ0) is 52.9. The average molecular weight is 1030 g/mol. The van der Waals surface area contributed by atoms with Crippen LogP contribution in [0.15, 0.2) is 48.5 Å². The molecule has 12 N–H and O–H groups in total. The molecular formula is C56H86N8O10. The number of methoxy groups -OCH3 is 2. The third kappa shape index (κ3) is 19.5. The largest absolute Gasteiger partial charge is 0.496 e. The monoisotopic (exact) mass is 1030 g/mol. The molecule has 2 saturated carbocycles. The SMILES string of the molecule is COc1cc(OC)c(C(=O)N[C@H]2CC[C@@H](NC(=O)c3ccc(OCCCCCN)cc3OCCCCCN)CC2)cc1C(=O)N[C@H]1CC[C@@H](NC(=O)c2ccc(OCCCCCN)cc2OCCCCCN)CC1. The average Bonchev–Trinajstić information content (AvgIpc) is 3.41. The first-order valence-electron chi connectivity index (χ1n) is 27.2. The number of ether oxygens (including phenoxy) is 6. The van der Waals surface area contributed by atoms with Crippen molar-refractivity contribution in [3.8, 4) is 34.5 Å². The Balaban J connectivity index is 1.13. The highest BCUT2D eigenvalue weighted by Crippen LogP contribution is 2.32. The van der Waals surface area contributed by atoms with Crippen molar-refractivity contribution in [2.45, 2.75) is 153 Å². The van der Waals surface area contributed by atoms with E-state index in [0.717, 1.165) is 77.0 Å². The van der Waals surface area contributed by atoms with E-state index in [2.05, 4.69) is 21.3 Å². The van der Waals surface area contributed by atoms with Crippen molar-refractivity contribution in [2.75, 3.05) is 66.8 Å². The molecule has 0 aromatic heterocycles. The van der Waals surface area contributed by atoms with E-state index < -0.39 is 0 Å². The molecule has 18 nitrogen and oxygen atoms in total. The summed E-state index contributed by atoms with van der Waals surface area (Å²) in [6, 6.07) is 13.2. The molecule has 3 aromatic carbocycles. The number of carbonyl (C=O) groups excluding carboxylic acids is 4. The zero-order valence-corrected chi connectivity index (χ0v) is 44.1. The van der Waals surface area contributed by atoms with E-state index in [9.17, 15) is 19.2 Å². The van der Waals surface area contributed by atoms with Crippen LogP contribution in [-0.4, -0.2) is 115 Å². The number of hydrogen-bond acceptors (Lipinski definition) is 14. The summed E-state index contributed by atoms with van der Waals surface area (Å²) >= 11 is 0. The molecule has 0 heterocycles. The van der Waals surface area contributed by atoms with Gasteiger partial charge in [-0.1, -0.05) is 0 Å². The molecule has 5 rings (SSSR count). The van der Waals surface area contributed by atoms with Crippen LogP contribution in [0.25, 0.3) is 0 Å². The minimum atomic E-state index is -0.377. The third-order valence-electron chi connectivity index (χ3n) is 13.6. The maximum atomic E-state index is 13.9. The molecule has 18 heteroatoms. The van der Waals surface area contributed by atoms with Crippen LogP contribution in [-0.2, 0) is 0 Å². The fourth-order valence-corrected chi connectivity index (χ4v) is 9.31. The Morgan fingerprint density at radius 3 is 0.973 bits per heavy atom. The molecule has 0 bridgehead atoms. The Hall–Kier alpha value is -5.82. The Kier molecular flexibility index (Phi) is 26.5. The van der Waals surface area contributed by atoms with E-state index in [1.165, 1.54) is 20.3 Å². The summed E-state index contributed by atoms with van der Waals surface area (Å²) in [7, 11) is 2.94. The van der Waals surface area contributed by atoms with E-state index >= 15 is 0 Å². The zero-order valence-electron chi connectivity index (χ0n) is 44.1. The van der Waals surface area contributed by atoms with Gasteiger partial charge in [0.15, 0.2) is 0 Å². The lowest BCUT2D eigenvalue weighted by Gasteiger charge is -2.30. The predicted octanol–water partition coefficient (Wildman–Crippen LogP) is 6.68. The summed E-state index contributed by atoms with van der Waals surface area (Å²) in [5.41, 5.74) is 23.9. The maximum absolute atomic E-state index is 13.9. The first-order chi connectivity index (χ1) is 36.1. The van der Waals surface area contributed by atoms with Gasteiger partial charge in [-0.15, -0.1) is 0 Å². The number of unbranched alkanes of at least 4 members (excludes halogenated alkanes) is 8. The van der Waals surface area contributed by atoms with Crippen LogP contribution in [0.4, 0.5) is 0 Å². The summed E-state index contributed by atoms with van der Waals surface area (Å²) < 4.78 is 35.4. The first kappa shape index (κ1) is 59.1. The normalized spacial score (nSPS) is 17.4. The van der Waals surface area contributed by atoms with Gasteiger partial charge in [0.1, 0.15) is 34.5 Å². The van der Waals surface area contributed by atoms with Gasteiger partial charge in [-0.25, -0.2) is 0 Å².